The molecule has 1 N–H and O–H groups in total. The third-order valence-electron chi connectivity index (χ3n) is 2.61. The molecular weight excluding hydrogens is 342 g/mol. The first kappa shape index (κ1) is 14.8. The van der Waals surface area contributed by atoms with E-state index in [0.29, 0.717) is 17.0 Å². The molecule has 102 valence electrons. The smallest absolute Gasteiger partial charge is 0.144 e. The van der Waals surface area contributed by atoms with Crippen LogP contribution in [-0.4, -0.2) is 15.0 Å². The Labute approximate surface area is 130 Å². The molecule has 0 radical (unpaired) electrons. The Bertz CT molecular complexity index is 631. The number of hydrogen-bond acceptors (Lipinski definition) is 4. The summed E-state index contributed by atoms with van der Waals surface area (Å²) in [6.45, 7) is 6.38. The van der Waals surface area contributed by atoms with Crippen molar-refractivity contribution in [2.45, 2.75) is 33.6 Å². The molecule has 0 amide bonds. The van der Waals surface area contributed by atoms with E-state index < -0.39 is 0 Å². The Balaban J connectivity index is 2.31. The number of nitrogens with one attached hydrogen (secondary N) is 1. The van der Waals surface area contributed by atoms with E-state index in [0.717, 1.165) is 33.1 Å². The predicted octanol–water partition coefficient (Wildman–Crippen LogP) is 4.46. The van der Waals surface area contributed by atoms with Crippen molar-refractivity contribution >= 4 is 39.5 Å². The summed E-state index contributed by atoms with van der Waals surface area (Å²) in [6, 6.07) is 0. The van der Waals surface area contributed by atoms with Gasteiger partial charge in [0, 0.05) is 17.5 Å². The summed E-state index contributed by atoms with van der Waals surface area (Å²) in [5.41, 5.74) is 2.16. The molecule has 2 aromatic heterocycles. The molecule has 19 heavy (non-hydrogen) atoms. The van der Waals surface area contributed by atoms with Gasteiger partial charge < -0.3 is 4.98 Å². The summed E-state index contributed by atoms with van der Waals surface area (Å²) in [4.78, 5) is 12.3. The van der Waals surface area contributed by atoms with Gasteiger partial charge in [0.05, 0.1) is 15.2 Å². The Morgan fingerprint density at radius 2 is 2.16 bits per heavy atom. The number of aromatic amines is 1. The van der Waals surface area contributed by atoms with E-state index in [2.05, 4.69) is 50.1 Å². The SMILES string of the molecule is Cc1nc(Cc2nc(=S)c(Br)c(CC(C)C)[nH]2)cs1. The highest BCUT2D eigenvalue weighted by atomic mass is 79.9. The van der Waals surface area contributed by atoms with Crippen LogP contribution in [0.1, 0.15) is 36.1 Å². The van der Waals surface area contributed by atoms with Crippen LogP contribution in [0.15, 0.2) is 9.85 Å². The molecule has 0 saturated carbocycles. The van der Waals surface area contributed by atoms with Crippen LogP contribution >= 0.6 is 39.5 Å². The van der Waals surface area contributed by atoms with Gasteiger partial charge in [-0.3, -0.25) is 0 Å². The van der Waals surface area contributed by atoms with Gasteiger partial charge in [-0.25, -0.2) is 9.97 Å². The van der Waals surface area contributed by atoms with Gasteiger partial charge in [0.1, 0.15) is 10.5 Å². The van der Waals surface area contributed by atoms with Crippen LogP contribution in [-0.2, 0) is 12.8 Å². The van der Waals surface area contributed by atoms with E-state index in [-0.39, 0.29) is 0 Å². The van der Waals surface area contributed by atoms with E-state index in [9.17, 15) is 0 Å². The summed E-state index contributed by atoms with van der Waals surface area (Å²) in [5.74, 6) is 1.45. The number of nitrogens with zero attached hydrogens (tertiary/aromatic N) is 2. The Morgan fingerprint density at radius 1 is 1.42 bits per heavy atom. The van der Waals surface area contributed by atoms with Gasteiger partial charge in [-0.15, -0.1) is 11.3 Å². The summed E-state index contributed by atoms with van der Waals surface area (Å²) in [6.07, 6.45) is 1.65. The van der Waals surface area contributed by atoms with Crippen LogP contribution in [0.2, 0.25) is 0 Å². The van der Waals surface area contributed by atoms with E-state index in [1.54, 1.807) is 11.3 Å². The van der Waals surface area contributed by atoms with Crippen molar-refractivity contribution in [1.29, 1.82) is 0 Å². The lowest BCUT2D eigenvalue weighted by atomic mass is 10.1. The molecule has 0 aromatic carbocycles. The second-order valence-corrected chi connectivity index (χ2v) is 7.16. The fourth-order valence-electron chi connectivity index (χ4n) is 1.85. The fraction of sp³-hybridized carbons (Fsp3) is 0.462. The standard InChI is InChI=1S/C13H16BrN3S2/c1-7(2)4-10-12(14)13(18)17-11(16-10)5-9-6-19-8(3)15-9/h6-7H,4-5H2,1-3H3,(H,16,17,18). The molecular formula is C13H16BrN3S2. The molecule has 0 aliphatic carbocycles. The maximum absolute atomic E-state index is 5.31. The Morgan fingerprint density at radius 3 is 2.74 bits per heavy atom. The zero-order chi connectivity index (χ0) is 14.0. The average Bonchev–Trinajstić information content (AvgIpc) is 2.70. The molecule has 0 fully saturated rings. The first-order chi connectivity index (χ1) is 8.95. The van der Waals surface area contributed by atoms with Crippen LogP contribution in [0.4, 0.5) is 0 Å². The van der Waals surface area contributed by atoms with Gasteiger partial charge in [-0.1, -0.05) is 26.1 Å². The largest absolute Gasteiger partial charge is 0.346 e. The van der Waals surface area contributed by atoms with Gasteiger partial charge in [-0.2, -0.15) is 0 Å². The molecule has 6 heteroatoms. The van der Waals surface area contributed by atoms with Crippen LogP contribution in [0.3, 0.4) is 0 Å². The zero-order valence-electron chi connectivity index (χ0n) is 11.2. The molecule has 0 aliphatic rings. The van der Waals surface area contributed by atoms with Crippen molar-refractivity contribution in [1.82, 2.24) is 15.0 Å². The molecule has 0 atom stereocenters. The summed E-state index contributed by atoms with van der Waals surface area (Å²) >= 11 is 10.5. The van der Waals surface area contributed by atoms with E-state index in [1.165, 1.54) is 0 Å². The molecule has 0 saturated heterocycles. The van der Waals surface area contributed by atoms with Crippen LogP contribution in [0, 0.1) is 17.5 Å². The summed E-state index contributed by atoms with van der Waals surface area (Å²) < 4.78 is 1.53. The number of rotatable bonds is 4. The third-order valence-corrected chi connectivity index (χ3v) is 4.85. The van der Waals surface area contributed by atoms with Gasteiger partial charge in [-0.05, 0) is 35.2 Å². The summed E-state index contributed by atoms with van der Waals surface area (Å²) in [7, 11) is 0. The maximum Gasteiger partial charge on any atom is 0.144 e. The van der Waals surface area contributed by atoms with Crippen molar-refractivity contribution in [3.63, 3.8) is 0 Å². The lowest BCUT2D eigenvalue weighted by Crippen LogP contribution is -2.05. The first-order valence-electron chi connectivity index (χ1n) is 6.14. The lowest BCUT2D eigenvalue weighted by molar-refractivity contribution is 0.627. The lowest BCUT2D eigenvalue weighted by Gasteiger charge is -2.10. The monoisotopic (exact) mass is 357 g/mol. The number of H-pyrrole nitrogens is 1. The molecule has 2 heterocycles. The van der Waals surface area contributed by atoms with E-state index in [4.69, 9.17) is 12.2 Å². The highest BCUT2D eigenvalue weighted by Crippen LogP contribution is 2.20. The molecule has 0 bridgehead atoms. The minimum Gasteiger partial charge on any atom is -0.346 e. The maximum atomic E-state index is 5.31. The highest BCUT2D eigenvalue weighted by Gasteiger charge is 2.09. The van der Waals surface area contributed by atoms with Crippen molar-refractivity contribution < 1.29 is 0 Å². The Hall–Kier alpha value is -0.590. The predicted molar refractivity (Wildman–Crippen MR) is 85.3 cm³/mol. The van der Waals surface area contributed by atoms with Gasteiger partial charge in [0.15, 0.2) is 0 Å². The number of hydrogen-bond donors (Lipinski definition) is 1. The second-order valence-electron chi connectivity index (χ2n) is 4.91. The van der Waals surface area contributed by atoms with E-state index in [1.807, 2.05) is 6.92 Å². The third kappa shape index (κ3) is 3.94. The first-order valence-corrected chi connectivity index (χ1v) is 8.22. The van der Waals surface area contributed by atoms with Crippen LogP contribution in [0.5, 0.6) is 0 Å². The minimum atomic E-state index is 0.568. The molecule has 3 nitrogen and oxygen atoms in total. The number of aryl methyl sites for hydroxylation is 1. The second kappa shape index (κ2) is 6.24. The van der Waals surface area contributed by atoms with Crippen molar-refractivity contribution in [3.8, 4) is 0 Å². The number of halogens is 1. The van der Waals surface area contributed by atoms with E-state index >= 15 is 0 Å². The highest BCUT2D eigenvalue weighted by molar-refractivity contribution is 9.10. The fourth-order valence-corrected chi connectivity index (χ4v) is 3.05. The van der Waals surface area contributed by atoms with Crippen molar-refractivity contribution in [2.75, 3.05) is 0 Å². The number of aromatic nitrogens is 3. The number of thiazole rings is 1. The molecule has 2 rings (SSSR count). The van der Waals surface area contributed by atoms with Gasteiger partial charge >= 0.3 is 0 Å². The molecule has 0 aliphatic heterocycles. The van der Waals surface area contributed by atoms with Crippen molar-refractivity contribution in [3.05, 3.63) is 36.7 Å². The summed E-state index contributed by atoms with van der Waals surface area (Å²) in [5, 5.41) is 3.14. The average molecular weight is 358 g/mol. The van der Waals surface area contributed by atoms with Crippen molar-refractivity contribution in [2.24, 2.45) is 5.92 Å². The molecule has 0 unspecified atom stereocenters. The zero-order valence-corrected chi connectivity index (χ0v) is 14.4. The quantitative estimate of drug-likeness (QED) is 0.821. The van der Waals surface area contributed by atoms with Gasteiger partial charge in [0.2, 0.25) is 0 Å². The normalized spacial score (nSPS) is 11.2. The molecule has 2 aromatic rings. The topological polar surface area (TPSA) is 41.6 Å². The minimum absolute atomic E-state index is 0.568. The Kier molecular flexibility index (Phi) is 4.86. The van der Waals surface area contributed by atoms with Crippen LogP contribution in [0.25, 0.3) is 0 Å². The van der Waals surface area contributed by atoms with Crippen LogP contribution < -0.4 is 0 Å². The van der Waals surface area contributed by atoms with Gasteiger partial charge in [0.25, 0.3) is 0 Å². The molecule has 0 spiro atoms.